The number of aromatic carboxylic acids is 1. The van der Waals surface area contributed by atoms with Crippen molar-refractivity contribution in [1.29, 1.82) is 0 Å². The van der Waals surface area contributed by atoms with Gasteiger partial charge in [-0.25, -0.2) is 4.79 Å². The van der Waals surface area contributed by atoms with E-state index in [9.17, 15) is 4.79 Å². The Morgan fingerprint density at radius 1 is 1.33 bits per heavy atom. The molecule has 0 aliphatic carbocycles. The molecule has 0 amide bonds. The van der Waals surface area contributed by atoms with Crippen LogP contribution in [0.5, 0.6) is 0 Å². The maximum absolute atomic E-state index is 11.0. The van der Waals surface area contributed by atoms with E-state index in [0.29, 0.717) is 11.6 Å². The number of carboxylic acids is 1. The average Bonchev–Trinajstić information content (AvgIpc) is 3.01. The molecule has 2 N–H and O–H groups in total. The Bertz CT molecular complexity index is 634. The van der Waals surface area contributed by atoms with E-state index < -0.39 is 5.97 Å². The summed E-state index contributed by atoms with van der Waals surface area (Å²) in [6.07, 6.45) is 5.64. The van der Waals surface area contributed by atoms with Crippen molar-refractivity contribution in [2.75, 3.05) is 13.1 Å². The van der Waals surface area contributed by atoms with Crippen LogP contribution in [0.3, 0.4) is 0 Å². The maximum Gasteiger partial charge on any atom is 0.335 e. The number of carbonyl (C=O) groups is 1. The Hall–Kier alpha value is -2.27. The lowest BCUT2D eigenvalue weighted by Crippen LogP contribution is -2.11. The Morgan fingerprint density at radius 2 is 2.24 bits per heavy atom. The van der Waals surface area contributed by atoms with Crippen LogP contribution < -0.4 is 5.32 Å². The Morgan fingerprint density at radius 3 is 2.90 bits per heavy atom. The van der Waals surface area contributed by atoms with Gasteiger partial charge in [-0.1, -0.05) is 12.1 Å². The van der Waals surface area contributed by atoms with Crippen molar-refractivity contribution >= 4 is 5.97 Å². The summed E-state index contributed by atoms with van der Waals surface area (Å²) in [7, 11) is 0. The summed E-state index contributed by atoms with van der Waals surface area (Å²) in [6.45, 7) is 2.13. The molecule has 1 saturated heterocycles. The second-order valence-corrected chi connectivity index (χ2v) is 5.34. The standard InChI is InChI=1S/C16H17N3O2/c20-16(21)13-3-1-2-12(7-13)15-10-18-14(9-19-15)6-11-4-5-17-8-11/h1-3,7,9-11,17H,4-6,8H2,(H,20,21)/t11-/m1/s1. The van der Waals surface area contributed by atoms with E-state index >= 15 is 0 Å². The van der Waals surface area contributed by atoms with Crippen LogP contribution in [0.15, 0.2) is 36.7 Å². The summed E-state index contributed by atoms with van der Waals surface area (Å²) >= 11 is 0. The van der Waals surface area contributed by atoms with Crippen LogP contribution in [0.1, 0.15) is 22.5 Å². The van der Waals surface area contributed by atoms with E-state index in [1.54, 1.807) is 30.6 Å². The molecule has 5 nitrogen and oxygen atoms in total. The number of benzene rings is 1. The normalized spacial score (nSPS) is 17.8. The van der Waals surface area contributed by atoms with Crippen molar-refractivity contribution in [2.45, 2.75) is 12.8 Å². The Balaban J connectivity index is 1.77. The van der Waals surface area contributed by atoms with E-state index in [4.69, 9.17) is 5.11 Å². The molecule has 0 spiro atoms. The van der Waals surface area contributed by atoms with Crippen LogP contribution in [0.25, 0.3) is 11.3 Å². The van der Waals surface area contributed by atoms with E-state index in [1.807, 2.05) is 6.07 Å². The van der Waals surface area contributed by atoms with Crippen LogP contribution >= 0.6 is 0 Å². The molecule has 2 aromatic rings. The highest BCUT2D eigenvalue weighted by molar-refractivity contribution is 5.89. The molecule has 3 rings (SSSR count). The van der Waals surface area contributed by atoms with Gasteiger partial charge in [0, 0.05) is 11.8 Å². The molecule has 2 heterocycles. The molecule has 1 aliphatic heterocycles. The molecule has 0 bridgehead atoms. The number of aromatic nitrogens is 2. The van der Waals surface area contributed by atoms with E-state index in [1.165, 1.54) is 6.42 Å². The fourth-order valence-corrected chi connectivity index (χ4v) is 2.61. The van der Waals surface area contributed by atoms with Gasteiger partial charge in [-0.15, -0.1) is 0 Å². The molecular weight excluding hydrogens is 266 g/mol. The highest BCUT2D eigenvalue weighted by Gasteiger charge is 2.15. The van der Waals surface area contributed by atoms with Crippen LogP contribution in [-0.4, -0.2) is 34.1 Å². The van der Waals surface area contributed by atoms with E-state index in [2.05, 4.69) is 15.3 Å². The summed E-state index contributed by atoms with van der Waals surface area (Å²) < 4.78 is 0. The van der Waals surface area contributed by atoms with Gasteiger partial charge in [0.1, 0.15) is 0 Å². The van der Waals surface area contributed by atoms with Crippen molar-refractivity contribution < 1.29 is 9.90 Å². The predicted octanol–water partition coefficient (Wildman–Crippen LogP) is 1.99. The summed E-state index contributed by atoms with van der Waals surface area (Å²) in [5.41, 5.74) is 2.72. The number of nitrogens with one attached hydrogen (secondary N) is 1. The van der Waals surface area contributed by atoms with Crippen molar-refractivity contribution in [1.82, 2.24) is 15.3 Å². The van der Waals surface area contributed by atoms with Gasteiger partial charge in [0.25, 0.3) is 0 Å². The highest BCUT2D eigenvalue weighted by atomic mass is 16.4. The molecule has 1 aliphatic rings. The quantitative estimate of drug-likeness (QED) is 0.897. The lowest BCUT2D eigenvalue weighted by molar-refractivity contribution is 0.0697. The van der Waals surface area contributed by atoms with Gasteiger partial charge >= 0.3 is 5.97 Å². The van der Waals surface area contributed by atoms with Crippen LogP contribution in [0, 0.1) is 5.92 Å². The van der Waals surface area contributed by atoms with Crippen LogP contribution in [-0.2, 0) is 6.42 Å². The number of nitrogens with zero attached hydrogens (tertiary/aromatic N) is 2. The van der Waals surface area contributed by atoms with Gasteiger partial charge < -0.3 is 10.4 Å². The molecule has 108 valence electrons. The van der Waals surface area contributed by atoms with Gasteiger partial charge in [-0.2, -0.15) is 0 Å². The molecule has 0 saturated carbocycles. The van der Waals surface area contributed by atoms with Crippen molar-refractivity contribution in [3.63, 3.8) is 0 Å². The molecule has 5 heteroatoms. The lowest BCUT2D eigenvalue weighted by Gasteiger charge is -2.08. The van der Waals surface area contributed by atoms with E-state index in [0.717, 1.165) is 30.8 Å². The fourth-order valence-electron chi connectivity index (χ4n) is 2.61. The van der Waals surface area contributed by atoms with Gasteiger partial charge in [-0.3, -0.25) is 9.97 Å². The lowest BCUT2D eigenvalue weighted by atomic mass is 10.0. The zero-order valence-electron chi connectivity index (χ0n) is 11.6. The summed E-state index contributed by atoms with van der Waals surface area (Å²) in [5.74, 6) is -0.296. The summed E-state index contributed by atoms with van der Waals surface area (Å²) in [6, 6.07) is 6.75. The zero-order valence-corrected chi connectivity index (χ0v) is 11.6. The predicted molar refractivity (Wildman–Crippen MR) is 79.1 cm³/mol. The first-order valence-corrected chi connectivity index (χ1v) is 7.08. The first-order valence-electron chi connectivity index (χ1n) is 7.08. The molecule has 1 atom stereocenters. The molecular formula is C16H17N3O2. The molecule has 1 fully saturated rings. The van der Waals surface area contributed by atoms with E-state index in [-0.39, 0.29) is 5.56 Å². The second-order valence-electron chi connectivity index (χ2n) is 5.34. The Kier molecular flexibility index (Phi) is 3.92. The smallest absolute Gasteiger partial charge is 0.335 e. The first kappa shape index (κ1) is 13.7. The van der Waals surface area contributed by atoms with Gasteiger partial charge in [0.05, 0.1) is 23.1 Å². The highest BCUT2D eigenvalue weighted by Crippen LogP contribution is 2.19. The van der Waals surface area contributed by atoms with Crippen LogP contribution in [0.2, 0.25) is 0 Å². The third kappa shape index (κ3) is 3.25. The van der Waals surface area contributed by atoms with Gasteiger partial charge in [0.15, 0.2) is 0 Å². The third-order valence-corrected chi connectivity index (χ3v) is 3.77. The summed E-state index contributed by atoms with van der Waals surface area (Å²) in [5, 5.41) is 12.4. The SMILES string of the molecule is O=C(O)c1cccc(-c2cnc(C[C@H]3CCNC3)cn2)c1. The Labute approximate surface area is 123 Å². The first-order chi connectivity index (χ1) is 10.2. The maximum atomic E-state index is 11.0. The van der Waals surface area contributed by atoms with Gasteiger partial charge in [-0.05, 0) is 44.0 Å². The average molecular weight is 283 g/mol. The van der Waals surface area contributed by atoms with Crippen LogP contribution in [0.4, 0.5) is 0 Å². The largest absolute Gasteiger partial charge is 0.478 e. The topological polar surface area (TPSA) is 75.1 Å². The number of carboxylic acid groups (broad SMARTS) is 1. The van der Waals surface area contributed by atoms with Crippen molar-refractivity contribution in [3.05, 3.63) is 47.9 Å². The minimum atomic E-state index is -0.935. The van der Waals surface area contributed by atoms with Crippen molar-refractivity contribution in [2.24, 2.45) is 5.92 Å². The van der Waals surface area contributed by atoms with Gasteiger partial charge in [0.2, 0.25) is 0 Å². The minimum Gasteiger partial charge on any atom is -0.478 e. The summed E-state index contributed by atoms with van der Waals surface area (Å²) in [4.78, 5) is 19.9. The minimum absolute atomic E-state index is 0.260. The number of hydrogen-bond acceptors (Lipinski definition) is 4. The number of rotatable bonds is 4. The monoisotopic (exact) mass is 283 g/mol. The second kappa shape index (κ2) is 6.01. The molecule has 1 aromatic heterocycles. The third-order valence-electron chi connectivity index (χ3n) is 3.77. The molecule has 1 aromatic carbocycles. The fraction of sp³-hybridized carbons (Fsp3) is 0.312. The molecule has 21 heavy (non-hydrogen) atoms. The number of hydrogen-bond donors (Lipinski definition) is 2. The molecule has 0 unspecified atom stereocenters. The van der Waals surface area contributed by atoms with Crippen molar-refractivity contribution in [3.8, 4) is 11.3 Å². The zero-order chi connectivity index (χ0) is 14.7. The molecule has 0 radical (unpaired) electrons.